The number of benzene rings is 1. The molecule has 1 fully saturated rings. The summed E-state index contributed by atoms with van der Waals surface area (Å²) in [5.74, 6) is -0.923. The van der Waals surface area contributed by atoms with Crippen LogP contribution in [0.5, 0.6) is 5.75 Å². The fraction of sp³-hybridized carbons (Fsp3) is 0.542. The predicted octanol–water partition coefficient (Wildman–Crippen LogP) is 3.40. The monoisotopic (exact) mass is 511 g/mol. The highest BCUT2D eigenvalue weighted by atomic mass is 19.3. The van der Waals surface area contributed by atoms with Gasteiger partial charge in [0.25, 0.3) is 12.3 Å². The number of aromatic nitrogens is 2. The molecule has 3 heterocycles. The summed E-state index contributed by atoms with van der Waals surface area (Å²) in [6.07, 6.45) is -1.97. The molecule has 1 N–H and O–H groups in total. The number of piperidine rings is 1. The highest BCUT2D eigenvalue weighted by Gasteiger charge is 2.30. The van der Waals surface area contributed by atoms with Gasteiger partial charge >= 0.3 is 0 Å². The zero-order valence-electron chi connectivity index (χ0n) is 20.1. The first-order valence-corrected chi connectivity index (χ1v) is 11.8. The first-order chi connectivity index (χ1) is 17.2. The van der Waals surface area contributed by atoms with Gasteiger partial charge in [-0.3, -0.25) is 4.79 Å². The van der Waals surface area contributed by atoms with E-state index in [0.717, 1.165) is 12.1 Å². The average molecular weight is 512 g/mol. The summed E-state index contributed by atoms with van der Waals surface area (Å²) >= 11 is 0. The Kier molecular flexibility index (Phi) is 8.12. The van der Waals surface area contributed by atoms with Gasteiger partial charge in [0, 0.05) is 52.1 Å². The van der Waals surface area contributed by atoms with Crippen molar-refractivity contribution in [3.63, 3.8) is 0 Å². The number of anilines is 2. The number of ether oxygens (including phenoxy) is 2. The van der Waals surface area contributed by atoms with E-state index >= 15 is 0 Å². The van der Waals surface area contributed by atoms with Crippen LogP contribution in [0.25, 0.3) is 0 Å². The molecule has 0 aliphatic carbocycles. The number of nitrogens with zero attached hydrogens (tertiary/aromatic N) is 4. The third-order valence-electron chi connectivity index (χ3n) is 6.36. The van der Waals surface area contributed by atoms with Crippen molar-refractivity contribution in [2.45, 2.75) is 51.4 Å². The minimum absolute atomic E-state index is 0.0160. The summed E-state index contributed by atoms with van der Waals surface area (Å²) in [5.41, 5.74) is 1.27. The molecule has 12 heteroatoms. The van der Waals surface area contributed by atoms with E-state index in [9.17, 15) is 22.4 Å². The van der Waals surface area contributed by atoms with Crippen LogP contribution < -0.4 is 15.0 Å². The van der Waals surface area contributed by atoms with Crippen LogP contribution in [-0.2, 0) is 22.5 Å². The molecule has 36 heavy (non-hydrogen) atoms. The van der Waals surface area contributed by atoms with E-state index in [0.29, 0.717) is 56.1 Å². The minimum atomic E-state index is -2.57. The van der Waals surface area contributed by atoms with E-state index in [1.54, 1.807) is 11.8 Å². The molecule has 196 valence electrons. The van der Waals surface area contributed by atoms with Crippen molar-refractivity contribution in [1.29, 1.82) is 0 Å². The topological polar surface area (TPSA) is 79.8 Å². The third-order valence-corrected chi connectivity index (χ3v) is 6.36. The van der Waals surface area contributed by atoms with Gasteiger partial charge in [0.05, 0.1) is 24.5 Å². The molecule has 8 nitrogen and oxygen atoms in total. The standard InChI is InChI=1S/C24H29F4N5O3/c1-14(35-2)24(34)33-10-7-18-19(13-33)31-23(22(30-18)29-12-21(27)28)32-8-5-16(6-9-32)36-20-4-3-15(25)11-17(20)26/h3-4,11,14,16,21H,5-10,12-13H2,1-2H3,(H,29,30)/t14-/m1/s1. The van der Waals surface area contributed by atoms with Crippen LogP contribution in [0.1, 0.15) is 31.2 Å². The lowest BCUT2D eigenvalue weighted by molar-refractivity contribution is -0.142. The molecular weight excluding hydrogens is 482 g/mol. The Hall–Kier alpha value is -3.15. The molecule has 0 radical (unpaired) electrons. The maximum absolute atomic E-state index is 14.0. The second-order valence-electron chi connectivity index (χ2n) is 8.83. The first-order valence-electron chi connectivity index (χ1n) is 11.8. The van der Waals surface area contributed by atoms with Gasteiger partial charge in [0.15, 0.2) is 23.2 Å². The number of hydrogen-bond donors (Lipinski definition) is 1. The zero-order chi connectivity index (χ0) is 25.8. The summed E-state index contributed by atoms with van der Waals surface area (Å²) in [4.78, 5) is 25.5. The van der Waals surface area contributed by atoms with Crippen molar-refractivity contribution in [2.75, 3.05) is 43.5 Å². The number of halogens is 4. The number of methoxy groups -OCH3 is 1. The predicted molar refractivity (Wildman–Crippen MR) is 124 cm³/mol. The Morgan fingerprint density at radius 1 is 1.17 bits per heavy atom. The molecule has 2 aliphatic rings. The molecule has 2 aliphatic heterocycles. The van der Waals surface area contributed by atoms with E-state index < -0.39 is 30.7 Å². The van der Waals surface area contributed by atoms with Crippen LogP contribution in [0.2, 0.25) is 0 Å². The lowest BCUT2D eigenvalue weighted by Crippen LogP contribution is -2.43. The number of amides is 1. The molecule has 1 aromatic heterocycles. The summed E-state index contributed by atoms with van der Waals surface area (Å²) in [5, 5.41) is 2.70. The van der Waals surface area contributed by atoms with Gasteiger partial charge in [0.2, 0.25) is 0 Å². The van der Waals surface area contributed by atoms with E-state index in [2.05, 4.69) is 10.3 Å². The number of carbonyl (C=O) groups is 1. The van der Waals surface area contributed by atoms with Crippen molar-refractivity contribution in [3.8, 4) is 5.75 Å². The molecular formula is C24H29F4N5O3. The van der Waals surface area contributed by atoms with E-state index in [1.807, 2.05) is 4.90 Å². The van der Waals surface area contributed by atoms with Crippen molar-refractivity contribution >= 4 is 17.5 Å². The van der Waals surface area contributed by atoms with Gasteiger partial charge in [-0.1, -0.05) is 0 Å². The lowest BCUT2D eigenvalue weighted by Gasteiger charge is -2.35. The van der Waals surface area contributed by atoms with Crippen molar-refractivity contribution in [1.82, 2.24) is 14.9 Å². The molecule has 0 saturated carbocycles. The van der Waals surface area contributed by atoms with Crippen LogP contribution >= 0.6 is 0 Å². The van der Waals surface area contributed by atoms with Crippen molar-refractivity contribution < 1.29 is 31.8 Å². The van der Waals surface area contributed by atoms with Crippen LogP contribution in [0, 0.1) is 11.6 Å². The molecule has 1 saturated heterocycles. The van der Waals surface area contributed by atoms with Gasteiger partial charge in [-0.25, -0.2) is 27.5 Å². The van der Waals surface area contributed by atoms with Gasteiger partial charge in [-0.2, -0.15) is 0 Å². The zero-order valence-corrected chi connectivity index (χ0v) is 20.1. The smallest absolute Gasteiger partial charge is 0.255 e. The van der Waals surface area contributed by atoms with Crippen LogP contribution in [0.3, 0.4) is 0 Å². The summed E-state index contributed by atoms with van der Waals surface area (Å²) in [7, 11) is 1.47. The molecule has 4 rings (SSSR count). The Morgan fingerprint density at radius 3 is 2.58 bits per heavy atom. The normalized spacial score (nSPS) is 17.2. The number of hydrogen-bond acceptors (Lipinski definition) is 7. The number of fused-ring (bicyclic) bond motifs is 1. The fourth-order valence-electron chi connectivity index (χ4n) is 4.32. The molecule has 0 bridgehead atoms. The van der Waals surface area contributed by atoms with Crippen molar-refractivity contribution in [3.05, 3.63) is 41.2 Å². The average Bonchev–Trinajstić information content (AvgIpc) is 2.87. The van der Waals surface area contributed by atoms with Crippen LogP contribution in [0.15, 0.2) is 18.2 Å². The Labute approximate surface area is 206 Å². The molecule has 1 amide bonds. The Bertz CT molecular complexity index is 1080. The molecule has 1 atom stereocenters. The number of carbonyl (C=O) groups excluding carboxylic acids is 1. The van der Waals surface area contributed by atoms with E-state index in [-0.39, 0.29) is 30.1 Å². The van der Waals surface area contributed by atoms with Gasteiger partial charge in [-0.15, -0.1) is 0 Å². The lowest BCUT2D eigenvalue weighted by atomic mass is 10.1. The number of alkyl halides is 2. The number of nitrogens with one attached hydrogen (secondary N) is 1. The Balaban J connectivity index is 1.50. The molecule has 2 aromatic rings. The van der Waals surface area contributed by atoms with E-state index in [4.69, 9.17) is 14.5 Å². The number of rotatable bonds is 8. The second kappa shape index (κ2) is 11.3. The largest absolute Gasteiger partial charge is 0.487 e. The first kappa shape index (κ1) is 25.9. The van der Waals surface area contributed by atoms with Crippen LogP contribution in [0.4, 0.5) is 29.2 Å². The van der Waals surface area contributed by atoms with Gasteiger partial charge in [0.1, 0.15) is 18.0 Å². The highest BCUT2D eigenvalue weighted by molar-refractivity contribution is 5.80. The maximum Gasteiger partial charge on any atom is 0.255 e. The summed E-state index contributed by atoms with van der Waals surface area (Å²) < 4.78 is 63.9. The SMILES string of the molecule is CO[C@H](C)C(=O)N1CCc2nc(NCC(F)F)c(N3CCC(Oc4ccc(F)cc4F)CC3)nc2C1. The summed E-state index contributed by atoms with van der Waals surface area (Å²) in [6.45, 7) is 2.72. The molecule has 0 spiro atoms. The van der Waals surface area contributed by atoms with Crippen LogP contribution in [-0.4, -0.2) is 72.7 Å². The fourth-order valence-corrected chi connectivity index (χ4v) is 4.32. The highest BCUT2D eigenvalue weighted by Crippen LogP contribution is 2.30. The van der Waals surface area contributed by atoms with Gasteiger partial charge < -0.3 is 24.6 Å². The maximum atomic E-state index is 14.0. The second-order valence-corrected chi connectivity index (χ2v) is 8.83. The van der Waals surface area contributed by atoms with Gasteiger partial charge in [-0.05, 0) is 19.1 Å². The minimum Gasteiger partial charge on any atom is -0.487 e. The van der Waals surface area contributed by atoms with Crippen molar-refractivity contribution in [2.24, 2.45) is 0 Å². The van der Waals surface area contributed by atoms with E-state index in [1.165, 1.54) is 13.2 Å². The quantitative estimate of drug-likeness (QED) is 0.545. The molecule has 1 aromatic carbocycles. The molecule has 0 unspecified atom stereocenters. The third kappa shape index (κ3) is 5.97. The Morgan fingerprint density at radius 2 is 1.92 bits per heavy atom. The summed E-state index contributed by atoms with van der Waals surface area (Å²) in [6, 6.07) is 3.17.